The Morgan fingerprint density at radius 1 is 0.529 bits per heavy atom. The van der Waals surface area contributed by atoms with E-state index in [9.17, 15) is 76.3 Å². The van der Waals surface area contributed by atoms with Crippen LogP contribution in [0.4, 0.5) is 0 Å². The molecule has 0 aromatic heterocycles. The molecular weight excluding hydrogens is 961 g/mol. The van der Waals surface area contributed by atoms with E-state index in [1.807, 2.05) is 0 Å². The molecule has 5 rings (SSSR count). The van der Waals surface area contributed by atoms with E-state index in [2.05, 4.69) is 21.3 Å². The number of hydrogen-bond donors (Lipinski definition) is 18. The SMILES string of the molecule is COC(=O)c1cc(OCCNC(=S)N[C@@H]2O[C@H](CO)[C@@H](O[C@@H]3O[C@H](CO)[C@H](O)[C@H](O)[C@H]3O)[C@H](O)[C@H]2O)cc(OCCNC(=S)N[C@@H]2O[C@H](CO)[C@@H](O[C@@H]3O[C@H](CO)[C@H](O)[C@H](O)[C@H]3O)[C@H](O)[C@H]2O)c1. The van der Waals surface area contributed by atoms with E-state index in [-0.39, 0.29) is 53.6 Å². The number of aliphatic hydroxyl groups excluding tert-OH is 14. The van der Waals surface area contributed by atoms with E-state index >= 15 is 0 Å². The lowest BCUT2D eigenvalue weighted by Crippen LogP contribution is -2.67. The molecule has 0 saturated carbocycles. The maximum Gasteiger partial charge on any atom is 0.338 e. The van der Waals surface area contributed by atoms with Crippen LogP contribution in [0, 0.1) is 0 Å². The van der Waals surface area contributed by atoms with E-state index < -0.39 is 155 Å². The third kappa shape index (κ3) is 13.6. The van der Waals surface area contributed by atoms with Crippen molar-refractivity contribution in [2.24, 2.45) is 0 Å². The Bertz CT molecular complexity index is 1660. The second-order valence-electron chi connectivity index (χ2n) is 15.8. The van der Waals surface area contributed by atoms with Crippen molar-refractivity contribution in [2.75, 3.05) is 59.8 Å². The minimum absolute atomic E-state index is 0.0396. The summed E-state index contributed by atoms with van der Waals surface area (Å²) in [5.74, 6) is -0.362. The molecule has 0 amide bonds. The number of carbonyl (C=O) groups is 1. The van der Waals surface area contributed by atoms with Crippen LogP contribution in [0.15, 0.2) is 18.2 Å². The number of aliphatic hydroxyl groups is 14. The quantitative estimate of drug-likeness (QED) is 0.0348. The highest BCUT2D eigenvalue weighted by atomic mass is 32.1. The van der Waals surface area contributed by atoms with Crippen LogP contribution in [0.5, 0.6) is 11.5 Å². The fraction of sp³-hybridized carbons (Fsp3) is 0.763. The topological polar surface area (TPSA) is 431 Å². The molecular formula is C38H60N4O24S2. The summed E-state index contributed by atoms with van der Waals surface area (Å²) in [6.07, 6.45) is -32.1. The van der Waals surface area contributed by atoms with Gasteiger partial charge in [-0.25, -0.2) is 4.79 Å². The summed E-state index contributed by atoms with van der Waals surface area (Å²) in [6.45, 7) is -3.03. The highest BCUT2D eigenvalue weighted by Gasteiger charge is 2.52. The average molecular weight is 1020 g/mol. The van der Waals surface area contributed by atoms with Crippen molar-refractivity contribution in [3.05, 3.63) is 23.8 Å². The van der Waals surface area contributed by atoms with Gasteiger partial charge in [0.2, 0.25) is 0 Å². The van der Waals surface area contributed by atoms with E-state index in [4.69, 9.17) is 67.1 Å². The maximum absolute atomic E-state index is 12.4. The molecule has 4 aliphatic heterocycles. The summed E-state index contributed by atoms with van der Waals surface area (Å²) in [6, 6.07) is 4.25. The average Bonchev–Trinajstić information content (AvgIpc) is 3.33. The number of nitrogens with one attached hydrogen (secondary N) is 4. The van der Waals surface area contributed by atoms with Gasteiger partial charge in [0.15, 0.2) is 35.3 Å². The zero-order valence-electron chi connectivity index (χ0n) is 36.1. The molecule has 0 spiro atoms. The predicted octanol–water partition coefficient (Wildman–Crippen LogP) is -9.59. The second kappa shape index (κ2) is 25.8. The summed E-state index contributed by atoms with van der Waals surface area (Å²) < 4.78 is 49.5. The Balaban J connectivity index is 1.06. The molecule has 388 valence electrons. The Labute approximate surface area is 397 Å². The first-order valence-corrected chi connectivity index (χ1v) is 21.9. The lowest BCUT2D eigenvalue weighted by Gasteiger charge is -2.46. The fourth-order valence-corrected chi connectivity index (χ4v) is 7.86. The van der Waals surface area contributed by atoms with Gasteiger partial charge < -0.3 is 135 Å². The fourth-order valence-electron chi connectivity index (χ4n) is 7.42. The number of esters is 1. The first-order chi connectivity index (χ1) is 32.4. The van der Waals surface area contributed by atoms with Crippen molar-refractivity contribution in [1.82, 2.24) is 21.3 Å². The number of hydrogen-bond acceptors (Lipinski definition) is 26. The van der Waals surface area contributed by atoms with Crippen molar-refractivity contribution < 1.29 is 119 Å². The minimum atomic E-state index is -1.83. The molecule has 0 bridgehead atoms. The molecule has 1 aromatic carbocycles. The molecule has 1 aromatic rings. The zero-order chi connectivity index (χ0) is 50.0. The molecule has 4 aliphatic rings. The third-order valence-electron chi connectivity index (χ3n) is 11.2. The molecule has 0 aliphatic carbocycles. The van der Waals surface area contributed by atoms with Crippen LogP contribution in [0.2, 0.25) is 0 Å². The monoisotopic (exact) mass is 1020 g/mol. The molecule has 0 radical (unpaired) electrons. The smallest absolute Gasteiger partial charge is 0.338 e. The van der Waals surface area contributed by atoms with Gasteiger partial charge >= 0.3 is 5.97 Å². The third-order valence-corrected chi connectivity index (χ3v) is 11.7. The summed E-state index contributed by atoms with van der Waals surface area (Å²) in [4.78, 5) is 12.4. The van der Waals surface area contributed by atoms with Crippen molar-refractivity contribution in [3.63, 3.8) is 0 Å². The highest BCUT2D eigenvalue weighted by Crippen LogP contribution is 2.31. The highest BCUT2D eigenvalue weighted by molar-refractivity contribution is 7.80. The van der Waals surface area contributed by atoms with Crippen LogP contribution in [0.1, 0.15) is 10.4 Å². The molecule has 68 heavy (non-hydrogen) atoms. The second-order valence-corrected chi connectivity index (χ2v) is 16.6. The number of benzene rings is 1. The van der Waals surface area contributed by atoms with Crippen molar-refractivity contribution in [1.29, 1.82) is 0 Å². The van der Waals surface area contributed by atoms with E-state index in [0.717, 1.165) is 0 Å². The van der Waals surface area contributed by atoms with Crippen LogP contribution >= 0.6 is 24.4 Å². The van der Waals surface area contributed by atoms with Crippen LogP contribution in [0.3, 0.4) is 0 Å². The van der Waals surface area contributed by atoms with Crippen LogP contribution < -0.4 is 30.7 Å². The number of carbonyl (C=O) groups excluding carboxylic acids is 1. The van der Waals surface area contributed by atoms with Gasteiger partial charge in [-0.3, -0.25) is 0 Å². The van der Waals surface area contributed by atoms with E-state index in [1.165, 1.54) is 25.3 Å². The van der Waals surface area contributed by atoms with E-state index in [1.54, 1.807) is 0 Å². The zero-order valence-corrected chi connectivity index (χ0v) is 37.7. The van der Waals surface area contributed by atoms with Gasteiger partial charge in [-0.2, -0.15) is 0 Å². The van der Waals surface area contributed by atoms with Gasteiger partial charge in [0.1, 0.15) is 122 Å². The van der Waals surface area contributed by atoms with Crippen LogP contribution in [0.25, 0.3) is 0 Å². The molecule has 28 nitrogen and oxygen atoms in total. The van der Waals surface area contributed by atoms with Gasteiger partial charge in [-0.05, 0) is 36.6 Å². The Hall–Kier alpha value is -3.13. The molecule has 0 unspecified atom stereocenters. The number of methoxy groups -OCH3 is 1. The molecule has 30 heteroatoms. The van der Waals surface area contributed by atoms with E-state index in [0.29, 0.717) is 0 Å². The lowest BCUT2D eigenvalue weighted by atomic mass is 9.96. The molecule has 4 fully saturated rings. The van der Waals surface area contributed by atoms with Gasteiger partial charge in [0, 0.05) is 6.07 Å². The van der Waals surface area contributed by atoms with Gasteiger partial charge in [0.25, 0.3) is 0 Å². The Morgan fingerprint density at radius 3 is 1.26 bits per heavy atom. The van der Waals surface area contributed by atoms with Crippen molar-refractivity contribution in [3.8, 4) is 11.5 Å². The van der Waals surface area contributed by atoms with Gasteiger partial charge in [-0.1, -0.05) is 0 Å². The number of thiocarbonyl (C=S) groups is 2. The van der Waals surface area contributed by atoms with Crippen molar-refractivity contribution >= 4 is 40.6 Å². The molecule has 4 saturated heterocycles. The van der Waals surface area contributed by atoms with Crippen molar-refractivity contribution in [2.45, 2.75) is 123 Å². The van der Waals surface area contributed by atoms with Gasteiger partial charge in [0.05, 0.1) is 52.2 Å². The minimum Gasteiger partial charge on any atom is -0.492 e. The first kappa shape index (κ1) is 55.8. The Kier molecular flexibility index (Phi) is 21.2. The van der Waals surface area contributed by atoms with Crippen LogP contribution in [-0.2, 0) is 33.2 Å². The summed E-state index contributed by atoms with van der Waals surface area (Å²) in [5, 5.41) is 154. The molecule has 20 atom stereocenters. The predicted molar refractivity (Wildman–Crippen MR) is 229 cm³/mol. The summed E-state index contributed by atoms with van der Waals surface area (Å²) in [5.41, 5.74) is 0.0683. The Morgan fingerprint density at radius 2 is 0.912 bits per heavy atom. The molecule has 18 N–H and O–H groups in total. The lowest BCUT2D eigenvalue weighted by molar-refractivity contribution is -0.342. The first-order valence-electron chi connectivity index (χ1n) is 21.1. The normalized spacial score (nSPS) is 38.5. The van der Waals surface area contributed by atoms with Gasteiger partial charge in [-0.15, -0.1) is 0 Å². The number of ether oxygens (including phenoxy) is 9. The molecule has 4 heterocycles. The standard InChI is InChI=1S/C38H60N4O24S2/c1-58-34(57)13-6-14(59-4-2-39-37(67)41-32-26(53)24(51)30(18(11-45)61-32)65-35-28(55)22(49)20(47)16(9-43)63-35)8-15(7-13)60-5-3-40-38(68)42-33-27(54)25(52)31(19(12-46)62-33)66-36-29(56)23(50)21(48)17(10-44)64-36/h6-8,16-33,35-36,43-56H,2-5,9-12H2,1H3,(H2,39,41,67)(H2,40,42,68)/t16-,17-,18-,19-,20+,21+,22+,23+,24-,25-,26-,27-,28-,29-,30-,31-,32-,33-,35+,36+/m1/s1. The summed E-state index contributed by atoms with van der Waals surface area (Å²) in [7, 11) is 1.18. The number of rotatable bonds is 19. The van der Waals surface area contributed by atoms with Crippen LogP contribution in [-0.4, -0.2) is 270 Å². The largest absolute Gasteiger partial charge is 0.492 e. The summed E-state index contributed by atoms with van der Waals surface area (Å²) >= 11 is 10.6. The maximum atomic E-state index is 12.4.